The van der Waals surface area contributed by atoms with Gasteiger partial charge in [-0.05, 0) is 12.8 Å². The summed E-state index contributed by atoms with van der Waals surface area (Å²) < 4.78 is 60.7. The second kappa shape index (κ2) is 3.96. The zero-order chi connectivity index (χ0) is 12.6. The topological polar surface area (TPSA) is 83.5 Å². The standard InChI is InChI=1S/C7H7F3O5S/c8-7(9,10)16(13,14)15-5-3-1-2-4(5)6(11)12/h1-3H2,(H,11,12)/p-1. The van der Waals surface area contributed by atoms with Crippen LogP contribution in [0.1, 0.15) is 19.3 Å². The molecule has 0 spiro atoms. The highest BCUT2D eigenvalue weighted by molar-refractivity contribution is 7.87. The lowest BCUT2D eigenvalue weighted by Gasteiger charge is -2.12. The first-order valence-electron chi connectivity index (χ1n) is 4.09. The molecule has 0 atom stereocenters. The fourth-order valence-electron chi connectivity index (χ4n) is 1.20. The molecule has 0 N–H and O–H groups in total. The van der Waals surface area contributed by atoms with Gasteiger partial charge in [-0.15, -0.1) is 0 Å². The lowest BCUT2D eigenvalue weighted by molar-refractivity contribution is -0.299. The Morgan fingerprint density at radius 2 is 1.88 bits per heavy atom. The minimum Gasteiger partial charge on any atom is -0.545 e. The van der Waals surface area contributed by atoms with Crippen molar-refractivity contribution in [2.24, 2.45) is 0 Å². The highest BCUT2D eigenvalue weighted by Gasteiger charge is 2.49. The van der Waals surface area contributed by atoms with Gasteiger partial charge in [0.15, 0.2) is 0 Å². The van der Waals surface area contributed by atoms with Gasteiger partial charge >= 0.3 is 15.6 Å². The summed E-state index contributed by atoms with van der Waals surface area (Å²) in [6.45, 7) is 0. The van der Waals surface area contributed by atoms with Gasteiger partial charge in [0, 0.05) is 12.0 Å². The van der Waals surface area contributed by atoms with Gasteiger partial charge in [-0.1, -0.05) is 0 Å². The van der Waals surface area contributed by atoms with Crippen molar-refractivity contribution in [1.82, 2.24) is 0 Å². The Hall–Kier alpha value is -1.25. The molecular weight excluding hydrogens is 253 g/mol. The second-order valence-corrected chi connectivity index (χ2v) is 4.56. The molecule has 92 valence electrons. The van der Waals surface area contributed by atoms with Crippen LogP contribution < -0.4 is 5.11 Å². The molecule has 0 aromatic carbocycles. The molecule has 0 radical (unpaired) electrons. The van der Waals surface area contributed by atoms with Crippen molar-refractivity contribution >= 4 is 16.1 Å². The molecule has 0 aromatic heterocycles. The molecule has 0 saturated heterocycles. The van der Waals surface area contributed by atoms with E-state index in [-0.39, 0.29) is 19.3 Å². The van der Waals surface area contributed by atoms with Crippen molar-refractivity contribution in [3.8, 4) is 0 Å². The van der Waals surface area contributed by atoms with Gasteiger partial charge < -0.3 is 14.1 Å². The summed E-state index contributed by atoms with van der Waals surface area (Å²) in [5.41, 5.74) is -6.10. The van der Waals surface area contributed by atoms with Gasteiger partial charge in [-0.3, -0.25) is 0 Å². The number of rotatable bonds is 3. The SMILES string of the molecule is O=C([O-])C1=C(OS(=O)(=O)C(F)(F)F)CCC1. The minimum atomic E-state index is -5.80. The van der Waals surface area contributed by atoms with Crippen LogP contribution in [0, 0.1) is 0 Å². The number of hydrogen-bond donors (Lipinski definition) is 0. The Kier molecular flexibility index (Phi) is 3.17. The maximum atomic E-state index is 11.9. The molecule has 1 rings (SSSR count). The summed E-state index contributed by atoms with van der Waals surface area (Å²) in [6, 6.07) is 0. The highest BCUT2D eigenvalue weighted by Crippen LogP contribution is 2.33. The average Bonchev–Trinajstić information content (AvgIpc) is 2.49. The monoisotopic (exact) mass is 259 g/mol. The van der Waals surface area contributed by atoms with Gasteiger partial charge in [-0.2, -0.15) is 21.6 Å². The molecule has 0 saturated carbocycles. The summed E-state index contributed by atoms with van der Waals surface area (Å²) in [7, 11) is -5.80. The maximum absolute atomic E-state index is 11.9. The van der Waals surface area contributed by atoms with Gasteiger partial charge in [0.1, 0.15) is 5.76 Å². The Labute approximate surface area is 88.6 Å². The summed E-state index contributed by atoms with van der Waals surface area (Å²) >= 11 is 0. The zero-order valence-electron chi connectivity index (χ0n) is 7.70. The maximum Gasteiger partial charge on any atom is 0.534 e. The van der Waals surface area contributed by atoms with Gasteiger partial charge in [-0.25, -0.2) is 0 Å². The number of alkyl halides is 3. The Morgan fingerprint density at radius 3 is 2.31 bits per heavy atom. The van der Waals surface area contributed by atoms with Crippen LogP contribution in [0.5, 0.6) is 0 Å². The fraction of sp³-hybridized carbons (Fsp3) is 0.571. The molecule has 0 bridgehead atoms. The van der Waals surface area contributed by atoms with E-state index in [9.17, 15) is 31.5 Å². The third kappa shape index (κ3) is 2.46. The van der Waals surface area contributed by atoms with Crippen LogP contribution in [0.3, 0.4) is 0 Å². The van der Waals surface area contributed by atoms with Crippen LogP contribution >= 0.6 is 0 Å². The Morgan fingerprint density at radius 1 is 1.31 bits per heavy atom. The number of carbonyl (C=O) groups is 1. The van der Waals surface area contributed by atoms with Crippen LogP contribution in [0.15, 0.2) is 11.3 Å². The molecule has 5 nitrogen and oxygen atoms in total. The Bertz CT molecular complexity index is 433. The van der Waals surface area contributed by atoms with Crippen molar-refractivity contribution in [2.75, 3.05) is 0 Å². The second-order valence-electron chi connectivity index (χ2n) is 3.03. The van der Waals surface area contributed by atoms with E-state index in [1.807, 2.05) is 0 Å². The number of aliphatic carboxylic acids is 1. The molecule has 1 aliphatic carbocycles. The lowest BCUT2D eigenvalue weighted by atomic mass is 10.2. The predicted octanol–water partition coefficient (Wildman–Crippen LogP) is 0.0405. The first kappa shape index (κ1) is 12.8. The third-order valence-corrected chi connectivity index (χ3v) is 2.89. The van der Waals surface area contributed by atoms with E-state index in [4.69, 9.17) is 0 Å². The molecule has 0 amide bonds. The average molecular weight is 259 g/mol. The molecule has 9 heteroatoms. The van der Waals surface area contributed by atoms with E-state index in [0.29, 0.717) is 0 Å². The molecule has 1 aliphatic rings. The van der Waals surface area contributed by atoms with E-state index in [0.717, 1.165) is 0 Å². The van der Waals surface area contributed by atoms with E-state index >= 15 is 0 Å². The minimum absolute atomic E-state index is 0.0644. The molecular formula is C7H6F3O5S-. The third-order valence-electron chi connectivity index (χ3n) is 1.91. The van der Waals surface area contributed by atoms with E-state index in [1.165, 1.54) is 0 Å². The number of carbonyl (C=O) groups excluding carboxylic acids is 1. The van der Waals surface area contributed by atoms with E-state index in [1.54, 1.807) is 0 Å². The highest BCUT2D eigenvalue weighted by atomic mass is 32.2. The number of halogens is 3. The van der Waals surface area contributed by atoms with Crippen molar-refractivity contribution in [1.29, 1.82) is 0 Å². The van der Waals surface area contributed by atoms with E-state index < -0.39 is 32.9 Å². The molecule has 0 aromatic rings. The van der Waals surface area contributed by atoms with Crippen LogP contribution in [0.2, 0.25) is 0 Å². The van der Waals surface area contributed by atoms with Crippen molar-refractivity contribution in [2.45, 2.75) is 24.8 Å². The summed E-state index contributed by atoms with van der Waals surface area (Å²) in [6.07, 6.45) is -0.0182. The van der Waals surface area contributed by atoms with Gasteiger partial charge in [0.25, 0.3) is 0 Å². The molecule has 16 heavy (non-hydrogen) atoms. The summed E-state index contributed by atoms with van der Waals surface area (Å²) in [5.74, 6) is -2.41. The smallest absolute Gasteiger partial charge is 0.534 e. The Balaban J connectivity index is 2.99. The number of allylic oxidation sites excluding steroid dienone is 1. The number of carboxylic acid groups (broad SMARTS) is 1. The van der Waals surface area contributed by atoms with E-state index in [2.05, 4.69) is 4.18 Å². The molecule has 0 heterocycles. The van der Waals surface area contributed by atoms with Crippen LogP contribution in [0.25, 0.3) is 0 Å². The van der Waals surface area contributed by atoms with Gasteiger partial charge in [0.05, 0.1) is 5.97 Å². The molecule has 0 aliphatic heterocycles. The van der Waals surface area contributed by atoms with Crippen molar-refractivity contribution < 1.29 is 35.7 Å². The zero-order valence-corrected chi connectivity index (χ0v) is 8.52. The predicted molar refractivity (Wildman–Crippen MR) is 41.9 cm³/mol. The normalized spacial score (nSPS) is 17.7. The van der Waals surface area contributed by atoms with Crippen LogP contribution in [-0.2, 0) is 19.1 Å². The molecule has 0 fully saturated rings. The quantitative estimate of drug-likeness (QED) is 0.528. The number of carboxylic acids is 1. The van der Waals surface area contributed by atoms with Crippen molar-refractivity contribution in [3.63, 3.8) is 0 Å². The largest absolute Gasteiger partial charge is 0.545 e. The first-order chi connectivity index (χ1) is 7.15. The van der Waals surface area contributed by atoms with Crippen LogP contribution in [0.4, 0.5) is 13.2 Å². The lowest BCUT2D eigenvalue weighted by Crippen LogP contribution is -2.28. The number of hydrogen-bond acceptors (Lipinski definition) is 5. The van der Waals surface area contributed by atoms with Gasteiger partial charge in [0.2, 0.25) is 0 Å². The molecule has 0 unspecified atom stereocenters. The summed E-state index contributed by atoms with van der Waals surface area (Å²) in [5, 5.41) is 10.4. The first-order valence-corrected chi connectivity index (χ1v) is 5.50. The van der Waals surface area contributed by atoms with Crippen LogP contribution in [-0.4, -0.2) is 19.9 Å². The summed E-state index contributed by atoms with van der Waals surface area (Å²) in [4.78, 5) is 10.4. The van der Waals surface area contributed by atoms with Crippen molar-refractivity contribution in [3.05, 3.63) is 11.3 Å². The fourth-order valence-corrected chi connectivity index (χ4v) is 1.75.